The van der Waals surface area contributed by atoms with Crippen molar-refractivity contribution in [2.45, 2.75) is 20.4 Å². The molecule has 0 saturated heterocycles. The van der Waals surface area contributed by atoms with Crippen LogP contribution < -0.4 is 5.32 Å². The van der Waals surface area contributed by atoms with Crippen LogP contribution in [0.25, 0.3) is 0 Å². The van der Waals surface area contributed by atoms with E-state index in [1.807, 2.05) is 0 Å². The molecule has 0 unspecified atom stereocenters. The second-order valence-corrected chi connectivity index (χ2v) is 3.49. The topological polar surface area (TPSA) is 84.2 Å². The van der Waals surface area contributed by atoms with Crippen LogP contribution in [0.4, 0.5) is 0 Å². The zero-order chi connectivity index (χ0) is 13.0. The molecule has 6 heteroatoms. The first-order chi connectivity index (χ1) is 7.97. The number of carboxylic acids is 1. The van der Waals surface area contributed by atoms with Crippen molar-refractivity contribution < 1.29 is 14.7 Å². The van der Waals surface area contributed by atoms with E-state index in [-0.39, 0.29) is 24.6 Å². The zero-order valence-electron chi connectivity index (χ0n) is 9.65. The molecule has 0 radical (unpaired) electrons. The number of terminal acetylenes is 1. The first-order valence-electron chi connectivity index (χ1n) is 4.94. The van der Waals surface area contributed by atoms with Gasteiger partial charge in [-0.2, -0.15) is 5.10 Å². The van der Waals surface area contributed by atoms with Gasteiger partial charge in [0, 0.05) is 0 Å². The minimum atomic E-state index is -1.05. The number of nitrogens with zero attached hydrogens (tertiary/aromatic N) is 2. The van der Waals surface area contributed by atoms with Gasteiger partial charge in [0.25, 0.3) is 0 Å². The highest BCUT2D eigenvalue weighted by molar-refractivity contribution is 5.90. The molecule has 90 valence electrons. The van der Waals surface area contributed by atoms with Crippen LogP contribution in [-0.2, 0) is 11.3 Å². The van der Waals surface area contributed by atoms with Crippen molar-refractivity contribution in [3.05, 3.63) is 17.0 Å². The summed E-state index contributed by atoms with van der Waals surface area (Å²) in [7, 11) is 0. The van der Waals surface area contributed by atoms with Gasteiger partial charge < -0.3 is 10.4 Å². The van der Waals surface area contributed by atoms with Gasteiger partial charge in [0.2, 0.25) is 5.91 Å². The smallest absolute Gasteiger partial charge is 0.339 e. The molecule has 0 aliphatic rings. The van der Waals surface area contributed by atoms with Crippen molar-refractivity contribution >= 4 is 11.9 Å². The summed E-state index contributed by atoms with van der Waals surface area (Å²) in [6.45, 7) is 3.30. The summed E-state index contributed by atoms with van der Waals surface area (Å²) in [5, 5.41) is 15.4. The molecule has 0 aromatic carbocycles. The molecule has 0 saturated carbocycles. The number of aromatic nitrogens is 2. The Balaban J connectivity index is 2.87. The van der Waals surface area contributed by atoms with Crippen molar-refractivity contribution in [3.63, 3.8) is 0 Å². The molecule has 1 amide bonds. The number of rotatable bonds is 4. The molecular weight excluding hydrogens is 222 g/mol. The van der Waals surface area contributed by atoms with Gasteiger partial charge >= 0.3 is 5.97 Å². The molecular formula is C11H13N3O3. The summed E-state index contributed by atoms with van der Waals surface area (Å²) in [5.74, 6) is 0.932. The average Bonchev–Trinajstić information content (AvgIpc) is 2.51. The molecule has 1 heterocycles. The summed E-state index contributed by atoms with van der Waals surface area (Å²) in [5.41, 5.74) is 0.973. The summed E-state index contributed by atoms with van der Waals surface area (Å²) >= 11 is 0. The van der Waals surface area contributed by atoms with Gasteiger partial charge in [-0.3, -0.25) is 9.48 Å². The molecule has 0 spiro atoms. The maximum atomic E-state index is 11.4. The van der Waals surface area contributed by atoms with Crippen molar-refractivity contribution in [1.29, 1.82) is 0 Å². The second-order valence-electron chi connectivity index (χ2n) is 3.49. The van der Waals surface area contributed by atoms with E-state index in [0.717, 1.165) is 0 Å². The molecule has 6 nitrogen and oxygen atoms in total. The third-order valence-corrected chi connectivity index (χ3v) is 2.28. The second kappa shape index (κ2) is 5.16. The number of hydrogen-bond acceptors (Lipinski definition) is 3. The number of carboxylic acid groups (broad SMARTS) is 1. The Morgan fingerprint density at radius 3 is 2.65 bits per heavy atom. The third-order valence-electron chi connectivity index (χ3n) is 2.28. The minimum Gasteiger partial charge on any atom is -0.478 e. The first kappa shape index (κ1) is 12.8. The minimum absolute atomic E-state index is 0.0400. The maximum absolute atomic E-state index is 11.4. The Morgan fingerprint density at radius 2 is 2.18 bits per heavy atom. The normalized spacial score (nSPS) is 9.71. The molecule has 1 aromatic rings. The fourth-order valence-electron chi connectivity index (χ4n) is 1.50. The number of aryl methyl sites for hydroxylation is 1. The number of nitrogens with one attached hydrogen (secondary N) is 1. The molecule has 0 aliphatic heterocycles. The van der Waals surface area contributed by atoms with E-state index in [9.17, 15) is 9.59 Å². The van der Waals surface area contributed by atoms with Gasteiger partial charge in [0.05, 0.1) is 17.9 Å². The first-order valence-corrected chi connectivity index (χ1v) is 4.94. The van der Waals surface area contributed by atoms with Gasteiger partial charge in [-0.25, -0.2) is 4.79 Å². The lowest BCUT2D eigenvalue weighted by molar-refractivity contribution is -0.121. The number of amides is 1. The SMILES string of the molecule is C#CCNC(=O)Cn1nc(C)c(C(=O)O)c1C. The van der Waals surface area contributed by atoms with Crippen molar-refractivity contribution in [3.8, 4) is 12.3 Å². The Hall–Kier alpha value is -2.29. The van der Waals surface area contributed by atoms with Crippen LogP contribution in [0.2, 0.25) is 0 Å². The van der Waals surface area contributed by atoms with Crippen LogP contribution in [0.5, 0.6) is 0 Å². The summed E-state index contributed by atoms with van der Waals surface area (Å²) in [6.07, 6.45) is 5.00. The number of carbonyl (C=O) groups excluding carboxylic acids is 1. The van der Waals surface area contributed by atoms with Gasteiger partial charge in [-0.05, 0) is 13.8 Å². The maximum Gasteiger partial charge on any atom is 0.339 e. The van der Waals surface area contributed by atoms with E-state index in [1.54, 1.807) is 13.8 Å². The lowest BCUT2D eigenvalue weighted by Gasteiger charge is -2.04. The molecule has 17 heavy (non-hydrogen) atoms. The van der Waals surface area contributed by atoms with Gasteiger partial charge in [0.15, 0.2) is 0 Å². The quantitative estimate of drug-likeness (QED) is 0.716. The lowest BCUT2D eigenvalue weighted by atomic mass is 10.2. The Labute approximate surface area is 98.6 Å². The van der Waals surface area contributed by atoms with Gasteiger partial charge in [-0.1, -0.05) is 5.92 Å². The fraction of sp³-hybridized carbons (Fsp3) is 0.364. The third kappa shape index (κ3) is 2.84. The zero-order valence-corrected chi connectivity index (χ0v) is 9.65. The van der Waals surface area contributed by atoms with Gasteiger partial charge in [0.1, 0.15) is 12.1 Å². The van der Waals surface area contributed by atoms with Crippen molar-refractivity contribution in [1.82, 2.24) is 15.1 Å². The number of hydrogen-bond donors (Lipinski definition) is 2. The molecule has 1 rings (SSSR count). The lowest BCUT2D eigenvalue weighted by Crippen LogP contribution is -2.28. The number of aromatic carboxylic acids is 1. The monoisotopic (exact) mass is 235 g/mol. The standard InChI is InChI=1S/C11H13N3O3/c1-4-5-12-9(15)6-14-8(3)10(11(16)17)7(2)13-14/h1H,5-6H2,2-3H3,(H,12,15)(H,16,17). The van der Waals surface area contributed by atoms with E-state index < -0.39 is 5.97 Å². The number of carbonyl (C=O) groups is 2. The Morgan fingerprint density at radius 1 is 1.53 bits per heavy atom. The molecule has 0 atom stereocenters. The molecule has 2 N–H and O–H groups in total. The van der Waals surface area contributed by atoms with Crippen molar-refractivity contribution in [2.75, 3.05) is 6.54 Å². The largest absolute Gasteiger partial charge is 0.478 e. The average molecular weight is 235 g/mol. The molecule has 1 aromatic heterocycles. The molecule has 0 bridgehead atoms. The highest BCUT2D eigenvalue weighted by Crippen LogP contribution is 2.12. The predicted molar refractivity (Wildman–Crippen MR) is 60.5 cm³/mol. The summed E-state index contributed by atoms with van der Waals surface area (Å²) in [6, 6.07) is 0. The van der Waals surface area contributed by atoms with Crippen molar-refractivity contribution in [2.24, 2.45) is 0 Å². The van der Waals surface area contributed by atoms with Crippen LogP contribution in [0.1, 0.15) is 21.7 Å². The Bertz CT molecular complexity index is 497. The summed E-state index contributed by atoms with van der Waals surface area (Å²) in [4.78, 5) is 22.3. The van der Waals surface area contributed by atoms with E-state index in [0.29, 0.717) is 11.4 Å². The highest BCUT2D eigenvalue weighted by Gasteiger charge is 2.18. The molecule has 0 fully saturated rings. The van der Waals surface area contributed by atoms with Crippen LogP contribution in [0, 0.1) is 26.2 Å². The highest BCUT2D eigenvalue weighted by atomic mass is 16.4. The van der Waals surface area contributed by atoms with Crippen LogP contribution in [0.15, 0.2) is 0 Å². The van der Waals surface area contributed by atoms with Crippen LogP contribution >= 0.6 is 0 Å². The van der Waals surface area contributed by atoms with E-state index in [4.69, 9.17) is 11.5 Å². The van der Waals surface area contributed by atoms with E-state index in [1.165, 1.54) is 4.68 Å². The van der Waals surface area contributed by atoms with Crippen LogP contribution in [-0.4, -0.2) is 33.3 Å². The fourth-order valence-corrected chi connectivity index (χ4v) is 1.50. The van der Waals surface area contributed by atoms with Crippen LogP contribution in [0.3, 0.4) is 0 Å². The van der Waals surface area contributed by atoms with E-state index >= 15 is 0 Å². The van der Waals surface area contributed by atoms with Gasteiger partial charge in [-0.15, -0.1) is 6.42 Å². The molecule has 0 aliphatic carbocycles. The Kier molecular flexibility index (Phi) is 3.88. The van der Waals surface area contributed by atoms with E-state index in [2.05, 4.69) is 16.3 Å². The summed E-state index contributed by atoms with van der Waals surface area (Å²) < 4.78 is 1.35. The predicted octanol–water partition coefficient (Wildman–Crippen LogP) is -0.0525.